The zero-order valence-corrected chi connectivity index (χ0v) is 28.9. The number of furan rings is 2. The molecule has 0 saturated carbocycles. The summed E-state index contributed by atoms with van der Waals surface area (Å²) in [5.41, 5.74) is 10.8. The third kappa shape index (κ3) is 4.90. The van der Waals surface area contributed by atoms with Gasteiger partial charge in [0.1, 0.15) is 22.3 Å². The maximum absolute atomic E-state index is 6.73. The molecule has 0 aliphatic heterocycles. The number of hydrogen-bond donors (Lipinski definition) is 0. The van der Waals surface area contributed by atoms with E-state index in [9.17, 15) is 0 Å². The molecule has 0 radical (unpaired) electrons. The van der Waals surface area contributed by atoms with Gasteiger partial charge >= 0.3 is 0 Å². The van der Waals surface area contributed by atoms with Gasteiger partial charge in [0.2, 0.25) is 0 Å². The Balaban J connectivity index is 1.03. The van der Waals surface area contributed by atoms with E-state index in [0.717, 1.165) is 93.6 Å². The molecule has 5 nitrogen and oxygen atoms in total. The predicted molar refractivity (Wildman–Crippen MR) is 219 cm³/mol. The first-order valence-corrected chi connectivity index (χ1v) is 18.0. The highest BCUT2D eigenvalue weighted by Gasteiger charge is 2.18. The minimum Gasteiger partial charge on any atom is -0.456 e. The van der Waals surface area contributed by atoms with Crippen LogP contribution in [-0.2, 0) is 0 Å². The second-order valence-electron chi connectivity index (χ2n) is 13.6. The molecule has 0 bridgehead atoms. The Hall–Kier alpha value is -7.37. The summed E-state index contributed by atoms with van der Waals surface area (Å²) in [7, 11) is 0. The summed E-state index contributed by atoms with van der Waals surface area (Å²) in [6.45, 7) is 0. The average molecular weight is 692 g/mol. The SMILES string of the molecule is c1ccc(-c2nc(-c3ccccc3)nc(-c3ccc(-c4cc5c6ccc(-c7cccc8oc9ccccc9c78)cc6oc5c5ccccc45)cc3)n2)cc1. The van der Waals surface area contributed by atoms with Crippen molar-refractivity contribution in [3.8, 4) is 56.4 Å². The van der Waals surface area contributed by atoms with E-state index < -0.39 is 0 Å². The molecule has 0 saturated heterocycles. The third-order valence-electron chi connectivity index (χ3n) is 10.3. The topological polar surface area (TPSA) is 65.0 Å². The van der Waals surface area contributed by atoms with Gasteiger partial charge in [0.15, 0.2) is 17.5 Å². The van der Waals surface area contributed by atoms with Gasteiger partial charge in [-0.1, -0.05) is 146 Å². The van der Waals surface area contributed by atoms with Crippen molar-refractivity contribution in [1.82, 2.24) is 15.0 Å². The molecule has 54 heavy (non-hydrogen) atoms. The summed E-state index contributed by atoms with van der Waals surface area (Å²) in [6, 6.07) is 60.4. The molecule has 5 heteroatoms. The van der Waals surface area contributed by atoms with Gasteiger partial charge in [-0.2, -0.15) is 0 Å². The molecule has 0 amide bonds. The van der Waals surface area contributed by atoms with Gasteiger partial charge in [-0.3, -0.25) is 0 Å². The van der Waals surface area contributed by atoms with Crippen LogP contribution in [0.25, 0.3) is 111 Å². The minimum absolute atomic E-state index is 0.630. The van der Waals surface area contributed by atoms with Gasteiger partial charge < -0.3 is 8.83 Å². The first kappa shape index (κ1) is 30.3. The Bertz CT molecular complexity index is 3140. The number of benzene rings is 8. The highest BCUT2D eigenvalue weighted by molar-refractivity contribution is 6.20. The lowest BCUT2D eigenvalue weighted by atomic mass is 9.94. The second-order valence-corrected chi connectivity index (χ2v) is 13.6. The zero-order valence-electron chi connectivity index (χ0n) is 28.9. The van der Waals surface area contributed by atoms with Crippen molar-refractivity contribution in [2.24, 2.45) is 0 Å². The van der Waals surface area contributed by atoms with E-state index in [4.69, 9.17) is 23.8 Å². The lowest BCUT2D eigenvalue weighted by Gasteiger charge is -2.11. The summed E-state index contributed by atoms with van der Waals surface area (Å²) < 4.78 is 12.9. The fourth-order valence-corrected chi connectivity index (χ4v) is 7.76. The molecule has 0 unspecified atom stereocenters. The largest absolute Gasteiger partial charge is 0.456 e. The molecule has 0 N–H and O–H groups in total. The van der Waals surface area contributed by atoms with Crippen LogP contribution in [-0.4, -0.2) is 15.0 Å². The molecule has 0 aliphatic rings. The monoisotopic (exact) mass is 691 g/mol. The lowest BCUT2D eigenvalue weighted by Crippen LogP contribution is -2.00. The Morgan fingerprint density at radius 3 is 1.56 bits per heavy atom. The van der Waals surface area contributed by atoms with E-state index in [1.165, 1.54) is 0 Å². The molecule has 3 aromatic heterocycles. The standard InChI is InChI=1S/C49H29N3O2/c1-3-12-31(13-4-1)47-50-48(32-14-5-2-6-15-32)52-49(51-47)33-24-22-30(23-25-33)40-29-41-37-27-26-34(28-44(37)54-46(41)38-17-8-7-16-36(38)40)35-19-11-21-43-45(35)39-18-9-10-20-42(39)53-43/h1-29H. The van der Waals surface area contributed by atoms with Crippen LogP contribution in [0.1, 0.15) is 0 Å². The molecule has 252 valence electrons. The first-order chi connectivity index (χ1) is 26.7. The Morgan fingerprint density at radius 2 is 0.852 bits per heavy atom. The van der Waals surface area contributed by atoms with Crippen LogP contribution < -0.4 is 0 Å². The minimum atomic E-state index is 0.630. The van der Waals surface area contributed by atoms with Gasteiger partial charge in [-0.05, 0) is 58.0 Å². The molecule has 11 rings (SSSR count). The summed E-state index contributed by atoms with van der Waals surface area (Å²) in [5, 5.41) is 6.59. The lowest BCUT2D eigenvalue weighted by molar-refractivity contribution is 0.669. The van der Waals surface area contributed by atoms with Gasteiger partial charge in [-0.15, -0.1) is 0 Å². The Kier molecular flexibility index (Phi) is 6.79. The number of hydrogen-bond acceptors (Lipinski definition) is 5. The second kappa shape index (κ2) is 12.1. The fourth-order valence-electron chi connectivity index (χ4n) is 7.76. The van der Waals surface area contributed by atoms with Crippen molar-refractivity contribution in [1.29, 1.82) is 0 Å². The van der Waals surface area contributed by atoms with Gasteiger partial charge in [0.05, 0.1) is 0 Å². The Labute approximate surface area is 309 Å². The zero-order chi connectivity index (χ0) is 35.6. The smallest absolute Gasteiger partial charge is 0.164 e. The van der Waals surface area contributed by atoms with Crippen molar-refractivity contribution in [3.05, 3.63) is 176 Å². The number of fused-ring (bicyclic) bond motifs is 8. The molecule has 8 aromatic carbocycles. The number of para-hydroxylation sites is 1. The van der Waals surface area contributed by atoms with E-state index in [1.807, 2.05) is 78.9 Å². The molecule has 0 spiro atoms. The highest BCUT2D eigenvalue weighted by atomic mass is 16.3. The predicted octanol–water partition coefficient (Wildman–Crippen LogP) is 13.2. The first-order valence-electron chi connectivity index (χ1n) is 18.0. The van der Waals surface area contributed by atoms with Crippen LogP contribution in [0, 0.1) is 0 Å². The number of rotatable bonds is 5. The van der Waals surface area contributed by atoms with Crippen LogP contribution in [0.4, 0.5) is 0 Å². The van der Waals surface area contributed by atoms with Crippen molar-refractivity contribution < 1.29 is 8.83 Å². The average Bonchev–Trinajstić information content (AvgIpc) is 3.82. The van der Waals surface area contributed by atoms with E-state index in [-0.39, 0.29) is 0 Å². The van der Waals surface area contributed by atoms with E-state index in [1.54, 1.807) is 0 Å². The molecule has 3 heterocycles. The van der Waals surface area contributed by atoms with E-state index in [0.29, 0.717) is 17.5 Å². The van der Waals surface area contributed by atoms with Crippen molar-refractivity contribution in [2.75, 3.05) is 0 Å². The van der Waals surface area contributed by atoms with Gasteiger partial charge in [0, 0.05) is 43.6 Å². The van der Waals surface area contributed by atoms with Crippen LogP contribution in [0.5, 0.6) is 0 Å². The van der Waals surface area contributed by atoms with Gasteiger partial charge in [-0.25, -0.2) is 15.0 Å². The summed E-state index contributed by atoms with van der Waals surface area (Å²) >= 11 is 0. The molecular formula is C49H29N3O2. The number of aromatic nitrogens is 3. The quantitative estimate of drug-likeness (QED) is 0.180. The van der Waals surface area contributed by atoms with Crippen molar-refractivity contribution in [2.45, 2.75) is 0 Å². The van der Waals surface area contributed by atoms with Crippen molar-refractivity contribution in [3.63, 3.8) is 0 Å². The number of nitrogens with zero attached hydrogens (tertiary/aromatic N) is 3. The molecule has 0 fully saturated rings. The van der Waals surface area contributed by atoms with Crippen LogP contribution >= 0.6 is 0 Å². The fraction of sp³-hybridized carbons (Fsp3) is 0. The van der Waals surface area contributed by atoms with Gasteiger partial charge in [0.25, 0.3) is 0 Å². The Morgan fingerprint density at radius 1 is 0.296 bits per heavy atom. The van der Waals surface area contributed by atoms with Crippen LogP contribution in [0.15, 0.2) is 185 Å². The maximum atomic E-state index is 6.73. The van der Waals surface area contributed by atoms with E-state index in [2.05, 4.69) is 97.1 Å². The highest BCUT2D eigenvalue weighted by Crippen LogP contribution is 2.43. The van der Waals surface area contributed by atoms with E-state index >= 15 is 0 Å². The summed E-state index contributed by atoms with van der Waals surface area (Å²) in [5.74, 6) is 1.92. The summed E-state index contributed by atoms with van der Waals surface area (Å²) in [6.07, 6.45) is 0. The molecular weight excluding hydrogens is 663 g/mol. The molecule has 0 atom stereocenters. The van der Waals surface area contributed by atoms with Crippen molar-refractivity contribution >= 4 is 54.6 Å². The molecule has 0 aliphatic carbocycles. The normalized spacial score (nSPS) is 11.7. The summed E-state index contributed by atoms with van der Waals surface area (Å²) in [4.78, 5) is 14.7. The van der Waals surface area contributed by atoms with Crippen LogP contribution in [0.2, 0.25) is 0 Å². The van der Waals surface area contributed by atoms with Crippen LogP contribution in [0.3, 0.4) is 0 Å². The maximum Gasteiger partial charge on any atom is 0.164 e. The molecule has 11 aromatic rings. The third-order valence-corrected chi connectivity index (χ3v) is 10.3.